The number of hydrogen-bond donors (Lipinski definition) is 0. The zero-order valence-corrected chi connectivity index (χ0v) is 9.93. The van der Waals surface area contributed by atoms with Crippen LogP contribution in [0, 0.1) is 28.5 Å². The normalized spacial score (nSPS) is 9.42. The van der Waals surface area contributed by atoms with Gasteiger partial charge >= 0.3 is 0 Å². The van der Waals surface area contributed by atoms with Crippen LogP contribution in [0.2, 0.25) is 0 Å². The molecule has 0 amide bonds. The molecule has 3 nitrogen and oxygen atoms in total. The summed E-state index contributed by atoms with van der Waals surface area (Å²) in [6, 6.07) is 14.9. The van der Waals surface area contributed by atoms with Crippen LogP contribution in [0.1, 0.15) is 16.7 Å². The molecule has 0 saturated carbocycles. The van der Waals surface area contributed by atoms with Crippen molar-refractivity contribution in [3.8, 4) is 17.9 Å². The molecule has 2 aromatic carbocycles. The van der Waals surface area contributed by atoms with Crippen LogP contribution in [0.4, 0.5) is 4.39 Å². The van der Waals surface area contributed by atoms with E-state index in [0.717, 1.165) is 11.6 Å². The fraction of sp³-hybridized carbons (Fsp3) is 0.0667. The van der Waals surface area contributed by atoms with Gasteiger partial charge in [-0.3, -0.25) is 0 Å². The lowest BCUT2D eigenvalue weighted by Gasteiger charge is -2.07. The first kappa shape index (κ1) is 12.6. The summed E-state index contributed by atoms with van der Waals surface area (Å²) < 4.78 is 18.8. The first-order chi connectivity index (χ1) is 9.24. The van der Waals surface area contributed by atoms with E-state index in [9.17, 15) is 4.39 Å². The smallest absolute Gasteiger partial charge is 0.144 e. The third-order valence-electron chi connectivity index (χ3n) is 2.59. The van der Waals surface area contributed by atoms with E-state index in [2.05, 4.69) is 6.07 Å². The van der Waals surface area contributed by atoms with Crippen molar-refractivity contribution >= 4 is 0 Å². The van der Waals surface area contributed by atoms with Gasteiger partial charge in [-0.2, -0.15) is 10.5 Å². The van der Waals surface area contributed by atoms with Crippen molar-refractivity contribution < 1.29 is 9.13 Å². The highest BCUT2D eigenvalue weighted by atomic mass is 19.1. The summed E-state index contributed by atoms with van der Waals surface area (Å²) in [6.07, 6.45) is 0. The number of halogens is 1. The van der Waals surface area contributed by atoms with Gasteiger partial charge in [0.05, 0.1) is 17.2 Å². The molecule has 4 heteroatoms. The fourth-order valence-corrected chi connectivity index (χ4v) is 1.59. The van der Waals surface area contributed by atoms with Crippen molar-refractivity contribution in [3.63, 3.8) is 0 Å². The van der Waals surface area contributed by atoms with E-state index in [-0.39, 0.29) is 12.2 Å². The van der Waals surface area contributed by atoms with E-state index in [1.165, 1.54) is 12.1 Å². The molecule has 0 aliphatic carbocycles. The monoisotopic (exact) mass is 252 g/mol. The van der Waals surface area contributed by atoms with Gasteiger partial charge in [-0.25, -0.2) is 4.39 Å². The Hall–Kier alpha value is -2.85. The van der Waals surface area contributed by atoms with Crippen LogP contribution in [-0.4, -0.2) is 0 Å². The van der Waals surface area contributed by atoms with Gasteiger partial charge in [-0.15, -0.1) is 0 Å². The zero-order chi connectivity index (χ0) is 13.7. The maximum Gasteiger partial charge on any atom is 0.144 e. The minimum absolute atomic E-state index is 0.0234. The lowest BCUT2D eigenvalue weighted by molar-refractivity contribution is 0.304. The highest BCUT2D eigenvalue weighted by Crippen LogP contribution is 2.18. The van der Waals surface area contributed by atoms with E-state index in [1.54, 1.807) is 30.3 Å². The Bertz CT molecular complexity index is 683. The van der Waals surface area contributed by atoms with Gasteiger partial charge in [0.1, 0.15) is 24.2 Å². The lowest BCUT2D eigenvalue weighted by atomic mass is 10.1. The minimum Gasteiger partial charge on any atom is -0.489 e. The molecule has 0 fully saturated rings. The largest absolute Gasteiger partial charge is 0.489 e. The highest BCUT2D eigenvalue weighted by Gasteiger charge is 2.05. The topological polar surface area (TPSA) is 56.8 Å². The first-order valence-corrected chi connectivity index (χ1v) is 5.55. The first-order valence-electron chi connectivity index (χ1n) is 5.55. The van der Waals surface area contributed by atoms with Gasteiger partial charge in [0, 0.05) is 11.6 Å². The average molecular weight is 252 g/mol. The number of benzene rings is 2. The molecule has 0 radical (unpaired) electrons. The van der Waals surface area contributed by atoms with Crippen molar-refractivity contribution in [3.05, 3.63) is 65.0 Å². The van der Waals surface area contributed by atoms with Crippen LogP contribution in [0.25, 0.3) is 0 Å². The Labute approximate surface area is 110 Å². The third kappa shape index (κ3) is 2.88. The van der Waals surface area contributed by atoms with E-state index in [0.29, 0.717) is 11.3 Å². The van der Waals surface area contributed by atoms with Crippen molar-refractivity contribution in [1.82, 2.24) is 0 Å². The van der Waals surface area contributed by atoms with Crippen LogP contribution in [0.3, 0.4) is 0 Å². The second kappa shape index (κ2) is 5.66. The van der Waals surface area contributed by atoms with E-state index in [1.807, 2.05) is 0 Å². The van der Waals surface area contributed by atoms with E-state index in [4.69, 9.17) is 15.3 Å². The molecule has 0 spiro atoms. The molecule has 0 aliphatic rings. The maximum absolute atomic E-state index is 13.4. The number of ether oxygens (including phenoxy) is 1. The van der Waals surface area contributed by atoms with Gasteiger partial charge in [0.2, 0.25) is 0 Å². The Morgan fingerprint density at radius 3 is 2.42 bits per heavy atom. The molecule has 0 heterocycles. The molecular formula is C15H9FN2O. The predicted octanol–water partition coefficient (Wildman–Crippen LogP) is 3.15. The second-order valence-corrected chi connectivity index (χ2v) is 3.81. The molecular weight excluding hydrogens is 243 g/mol. The SMILES string of the molecule is N#Cc1ccc(OCc2ccccc2C#N)cc1F. The minimum atomic E-state index is -0.617. The summed E-state index contributed by atoms with van der Waals surface area (Å²) in [7, 11) is 0. The lowest BCUT2D eigenvalue weighted by Crippen LogP contribution is -1.98. The molecule has 0 bridgehead atoms. The van der Waals surface area contributed by atoms with Gasteiger partial charge < -0.3 is 4.74 Å². The number of rotatable bonds is 3. The van der Waals surface area contributed by atoms with Gasteiger partial charge in [-0.05, 0) is 18.2 Å². The second-order valence-electron chi connectivity index (χ2n) is 3.81. The molecule has 92 valence electrons. The summed E-state index contributed by atoms with van der Waals surface area (Å²) in [5, 5.41) is 17.5. The van der Waals surface area contributed by atoms with Crippen LogP contribution >= 0.6 is 0 Å². The maximum atomic E-state index is 13.4. The van der Waals surface area contributed by atoms with E-state index < -0.39 is 5.82 Å². The summed E-state index contributed by atoms with van der Waals surface area (Å²) in [5.41, 5.74) is 1.23. The van der Waals surface area contributed by atoms with Gasteiger partial charge in [0.25, 0.3) is 0 Å². The quantitative estimate of drug-likeness (QED) is 0.843. The summed E-state index contributed by atoms with van der Waals surface area (Å²) >= 11 is 0. The summed E-state index contributed by atoms with van der Waals surface area (Å²) in [6.45, 7) is 0.176. The fourth-order valence-electron chi connectivity index (χ4n) is 1.59. The third-order valence-corrected chi connectivity index (χ3v) is 2.59. The van der Waals surface area contributed by atoms with Crippen LogP contribution < -0.4 is 4.74 Å². The van der Waals surface area contributed by atoms with Crippen molar-refractivity contribution in [2.45, 2.75) is 6.61 Å². The molecule has 0 atom stereocenters. The van der Waals surface area contributed by atoms with Gasteiger partial charge in [0.15, 0.2) is 0 Å². The average Bonchev–Trinajstić information content (AvgIpc) is 2.45. The van der Waals surface area contributed by atoms with Gasteiger partial charge in [-0.1, -0.05) is 18.2 Å². The molecule has 2 rings (SSSR count). The molecule has 0 aromatic heterocycles. The molecule has 2 aromatic rings. The number of hydrogen-bond acceptors (Lipinski definition) is 3. The van der Waals surface area contributed by atoms with Crippen molar-refractivity contribution in [2.75, 3.05) is 0 Å². The number of nitrogens with zero attached hydrogens (tertiary/aromatic N) is 2. The Kier molecular flexibility index (Phi) is 3.75. The zero-order valence-electron chi connectivity index (χ0n) is 9.93. The molecule has 19 heavy (non-hydrogen) atoms. The summed E-state index contributed by atoms with van der Waals surface area (Å²) in [4.78, 5) is 0. The molecule has 0 unspecified atom stereocenters. The highest BCUT2D eigenvalue weighted by molar-refractivity contribution is 5.38. The van der Waals surface area contributed by atoms with Crippen LogP contribution in [0.15, 0.2) is 42.5 Å². The standard InChI is InChI=1S/C15H9FN2O/c16-15-7-14(6-5-12(15)9-18)19-10-13-4-2-1-3-11(13)8-17/h1-7H,10H2. The Morgan fingerprint density at radius 1 is 1.00 bits per heavy atom. The predicted molar refractivity (Wildman–Crippen MR) is 66.6 cm³/mol. The summed E-state index contributed by atoms with van der Waals surface area (Å²) in [5.74, 6) is -0.294. The van der Waals surface area contributed by atoms with E-state index >= 15 is 0 Å². The molecule has 0 aliphatic heterocycles. The molecule has 0 N–H and O–H groups in total. The van der Waals surface area contributed by atoms with Crippen molar-refractivity contribution in [2.24, 2.45) is 0 Å². The van der Waals surface area contributed by atoms with Crippen LogP contribution in [0.5, 0.6) is 5.75 Å². The molecule has 0 saturated heterocycles. The van der Waals surface area contributed by atoms with Crippen LogP contribution in [-0.2, 0) is 6.61 Å². The van der Waals surface area contributed by atoms with Crippen molar-refractivity contribution in [1.29, 1.82) is 10.5 Å². The number of nitriles is 2. The Balaban J connectivity index is 2.13. The Morgan fingerprint density at radius 2 is 1.74 bits per heavy atom.